The zero-order chi connectivity index (χ0) is 44.8. The minimum absolute atomic E-state index is 0.266. The van der Waals surface area contributed by atoms with E-state index in [9.17, 15) is 40.5 Å². The summed E-state index contributed by atoms with van der Waals surface area (Å²) >= 11 is 0. The number of unbranched alkanes of at least 4 members (excludes halogenated alkanes) is 32. The van der Waals surface area contributed by atoms with Gasteiger partial charge in [-0.2, -0.15) is 0 Å². The van der Waals surface area contributed by atoms with Crippen LogP contribution in [0.4, 0.5) is 0 Å². The van der Waals surface area contributed by atoms with Crippen LogP contribution in [0.3, 0.4) is 0 Å². The molecular weight excluding hydrogens is 775 g/mol. The van der Waals surface area contributed by atoms with Gasteiger partial charge in [0.05, 0.1) is 25.4 Å². The van der Waals surface area contributed by atoms with Crippen molar-refractivity contribution in [2.24, 2.45) is 0 Å². The molecule has 9 unspecified atom stereocenters. The van der Waals surface area contributed by atoms with Crippen molar-refractivity contribution < 1.29 is 50.0 Å². The van der Waals surface area contributed by atoms with Crippen LogP contribution in [-0.4, -0.2) is 110 Å². The Balaban J connectivity index is 2.25. The highest BCUT2D eigenvalue weighted by atomic mass is 16.7. The molecule has 1 aliphatic rings. The molecule has 1 saturated heterocycles. The van der Waals surface area contributed by atoms with Gasteiger partial charge < -0.3 is 50.5 Å². The van der Waals surface area contributed by atoms with Crippen LogP contribution in [-0.2, 0) is 14.3 Å². The Hall–Kier alpha value is -0.890. The number of aliphatic hydroxyl groups excluding tert-OH is 7. The van der Waals surface area contributed by atoms with Crippen LogP contribution >= 0.6 is 0 Å². The number of hydrogen-bond donors (Lipinski definition) is 8. The fourth-order valence-corrected chi connectivity index (χ4v) is 8.62. The Kier molecular flexibility index (Phi) is 38.7. The Morgan fingerprint density at radius 1 is 0.508 bits per heavy atom. The van der Waals surface area contributed by atoms with E-state index >= 15 is 0 Å². The summed E-state index contributed by atoms with van der Waals surface area (Å²) in [5.41, 5.74) is 0. The van der Waals surface area contributed by atoms with Crippen molar-refractivity contribution >= 4 is 5.91 Å². The summed E-state index contributed by atoms with van der Waals surface area (Å²) in [6.07, 6.45) is 31.8. The van der Waals surface area contributed by atoms with E-state index in [2.05, 4.69) is 19.2 Å². The molecule has 1 heterocycles. The van der Waals surface area contributed by atoms with Crippen molar-refractivity contribution in [2.75, 3.05) is 13.2 Å². The van der Waals surface area contributed by atoms with Crippen LogP contribution in [0.25, 0.3) is 0 Å². The van der Waals surface area contributed by atoms with E-state index in [1.807, 2.05) is 0 Å². The highest BCUT2D eigenvalue weighted by molar-refractivity contribution is 5.80. The number of hydrogen-bond acceptors (Lipinski definition) is 10. The van der Waals surface area contributed by atoms with E-state index in [1.54, 1.807) is 0 Å². The molecule has 0 aromatic heterocycles. The molecule has 1 rings (SSSR count). The van der Waals surface area contributed by atoms with Crippen molar-refractivity contribution in [1.29, 1.82) is 0 Å². The van der Waals surface area contributed by atoms with Crippen molar-refractivity contribution in [3.8, 4) is 0 Å². The lowest BCUT2D eigenvalue weighted by Crippen LogP contribution is -2.60. The van der Waals surface area contributed by atoms with Gasteiger partial charge in [0.25, 0.3) is 0 Å². The van der Waals surface area contributed by atoms with Gasteiger partial charge >= 0.3 is 0 Å². The molecule has 0 saturated carbocycles. The van der Waals surface area contributed by atoms with Crippen molar-refractivity contribution in [2.45, 2.75) is 300 Å². The molecule has 1 fully saturated rings. The van der Waals surface area contributed by atoms with Crippen LogP contribution < -0.4 is 5.32 Å². The number of ether oxygens (including phenoxy) is 2. The van der Waals surface area contributed by atoms with E-state index in [1.165, 1.54) is 167 Å². The van der Waals surface area contributed by atoms with E-state index < -0.39 is 74.2 Å². The lowest BCUT2D eigenvalue weighted by molar-refractivity contribution is -0.303. The molecule has 8 N–H and O–H groups in total. The van der Waals surface area contributed by atoms with E-state index in [0.717, 1.165) is 38.5 Å². The monoisotopic (exact) mass is 874 g/mol. The van der Waals surface area contributed by atoms with Gasteiger partial charge in [0.1, 0.15) is 36.6 Å². The maximum atomic E-state index is 13.1. The summed E-state index contributed by atoms with van der Waals surface area (Å²) in [7, 11) is 0. The zero-order valence-corrected chi connectivity index (χ0v) is 39.4. The first-order valence-corrected chi connectivity index (χ1v) is 25.9. The fourth-order valence-electron chi connectivity index (χ4n) is 8.62. The average molecular weight is 874 g/mol. The fraction of sp³-hybridized carbons (Fsp3) is 0.980. The van der Waals surface area contributed by atoms with Crippen molar-refractivity contribution in [1.82, 2.24) is 5.32 Å². The predicted molar refractivity (Wildman–Crippen MR) is 247 cm³/mol. The number of rotatable bonds is 44. The third-order valence-electron chi connectivity index (χ3n) is 12.9. The van der Waals surface area contributed by atoms with Gasteiger partial charge in [0, 0.05) is 0 Å². The van der Waals surface area contributed by atoms with Gasteiger partial charge in [-0.05, 0) is 12.8 Å². The smallest absolute Gasteiger partial charge is 0.249 e. The molecule has 0 radical (unpaired) electrons. The first kappa shape index (κ1) is 58.1. The van der Waals surface area contributed by atoms with Crippen LogP contribution in [0.5, 0.6) is 0 Å². The largest absolute Gasteiger partial charge is 0.394 e. The zero-order valence-electron chi connectivity index (χ0n) is 39.4. The number of aliphatic hydroxyl groups is 7. The molecule has 0 aliphatic carbocycles. The molecule has 61 heavy (non-hydrogen) atoms. The van der Waals surface area contributed by atoms with Crippen molar-refractivity contribution in [3.05, 3.63) is 0 Å². The molecule has 11 heteroatoms. The van der Waals surface area contributed by atoms with Crippen LogP contribution in [0, 0.1) is 0 Å². The highest BCUT2D eigenvalue weighted by Crippen LogP contribution is 2.23. The van der Waals surface area contributed by atoms with Crippen LogP contribution in [0.15, 0.2) is 0 Å². The summed E-state index contributed by atoms with van der Waals surface area (Å²) in [6.45, 7) is 3.43. The molecule has 0 aromatic rings. The summed E-state index contributed by atoms with van der Waals surface area (Å²) < 4.78 is 11.1. The first-order valence-electron chi connectivity index (χ1n) is 25.9. The Bertz CT molecular complexity index is 959. The van der Waals surface area contributed by atoms with Crippen LogP contribution in [0.2, 0.25) is 0 Å². The second-order valence-electron chi connectivity index (χ2n) is 18.6. The molecule has 9 atom stereocenters. The topological polar surface area (TPSA) is 189 Å². The number of amides is 1. The SMILES string of the molecule is CCCCCCCCCCCCCCCCCCCCCCCCCCCC(O)C(=O)NC(COC1OC(CO)C(O)C(O)C1O)C(O)C(O)CCCCCCCCCCC. The Labute approximate surface area is 373 Å². The minimum atomic E-state index is -1.66. The molecule has 1 aliphatic heterocycles. The standard InChI is InChI=1S/C50H99NO10/c1-3-5-7-9-11-13-14-15-16-17-18-19-20-21-22-23-24-25-26-27-28-30-32-34-36-38-43(54)49(59)51-41(40-60-50-48(58)47(57)46(56)44(39-52)61-50)45(55)42(53)37-35-33-31-29-12-10-8-6-4-2/h41-48,50,52-58H,3-40H2,1-2H3,(H,51,59). The molecule has 0 bridgehead atoms. The van der Waals surface area contributed by atoms with E-state index in [0.29, 0.717) is 19.3 Å². The summed E-state index contributed by atoms with van der Waals surface area (Å²) in [4.78, 5) is 13.1. The third-order valence-corrected chi connectivity index (χ3v) is 12.9. The van der Waals surface area contributed by atoms with Crippen molar-refractivity contribution in [3.63, 3.8) is 0 Å². The quantitative estimate of drug-likeness (QED) is 0.0274. The van der Waals surface area contributed by atoms with E-state index in [4.69, 9.17) is 9.47 Å². The van der Waals surface area contributed by atoms with Gasteiger partial charge in [-0.3, -0.25) is 4.79 Å². The maximum Gasteiger partial charge on any atom is 0.249 e. The summed E-state index contributed by atoms with van der Waals surface area (Å²) in [6, 6.07) is -1.16. The van der Waals surface area contributed by atoms with Gasteiger partial charge in [0.15, 0.2) is 6.29 Å². The Morgan fingerprint density at radius 2 is 0.852 bits per heavy atom. The Morgan fingerprint density at radius 3 is 1.21 bits per heavy atom. The molecule has 11 nitrogen and oxygen atoms in total. The minimum Gasteiger partial charge on any atom is -0.394 e. The lowest BCUT2D eigenvalue weighted by Gasteiger charge is -2.40. The third kappa shape index (κ3) is 30.0. The van der Waals surface area contributed by atoms with Gasteiger partial charge in [-0.15, -0.1) is 0 Å². The van der Waals surface area contributed by atoms with Gasteiger partial charge in [-0.1, -0.05) is 232 Å². The lowest BCUT2D eigenvalue weighted by atomic mass is 9.98. The molecule has 0 aromatic carbocycles. The van der Waals surface area contributed by atoms with Crippen LogP contribution in [0.1, 0.15) is 245 Å². The molecular formula is C50H99NO10. The highest BCUT2D eigenvalue weighted by Gasteiger charge is 2.44. The number of carbonyl (C=O) groups is 1. The second kappa shape index (κ2) is 40.6. The summed E-state index contributed by atoms with van der Waals surface area (Å²) in [5.74, 6) is -0.693. The normalized spacial score (nSPS) is 21.4. The molecule has 364 valence electrons. The second-order valence-corrected chi connectivity index (χ2v) is 18.6. The maximum absolute atomic E-state index is 13.1. The summed E-state index contributed by atoms with van der Waals surface area (Å²) in [5, 5.41) is 75.6. The van der Waals surface area contributed by atoms with Gasteiger partial charge in [-0.25, -0.2) is 0 Å². The predicted octanol–water partition coefficient (Wildman–Crippen LogP) is 9.45. The number of carbonyl (C=O) groups excluding carboxylic acids is 1. The van der Waals surface area contributed by atoms with E-state index in [-0.39, 0.29) is 6.42 Å². The first-order chi connectivity index (χ1) is 29.7. The average Bonchev–Trinajstić information content (AvgIpc) is 3.26. The van der Waals surface area contributed by atoms with Gasteiger partial charge in [0.2, 0.25) is 5.91 Å². The number of nitrogens with one attached hydrogen (secondary N) is 1. The molecule has 0 spiro atoms. The molecule has 1 amide bonds.